The summed E-state index contributed by atoms with van der Waals surface area (Å²) in [5.74, 6) is 0. The molecule has 0 radical (unpaired) electrons. The van der Waals surface area contributed by atoms with Gasteiger partial charge in [-0.2, -0.15) is 0 Å². The van der Waals surface area contributed by atoms with E-state index in [-0.39, 0.29) is 5.44 Å². The molecular formula is C10H14OS. The third kappa shape index (κ3) is 2.88. The molecule has 0 saturated carbocycles. The van der Waals surface area contributed by atoms with Gasteiger partial charge in [0.25, 0.3) is 0 Å². The van der Waals surface area contributed by atoms with E-state index < -0.39 is 0 Å². The first-order valence-corrected chi connectivity index (χ1v) is 5.01. The van der Waals surface area contributed by atoms with Gasteiger partial charge in [0.1, 0.15) is 5.44 Å². The molecule has 66 valence electrons. The highest BCUT2D eigenvalue weighted by Gasteiger charge is 2.01. The van der Waals surface area contributed by atoms with E-state index in [1.807, 2.05) is 19.1 Å². The third-order valence-electron chi connectivity index (χ3n) is 1.64. The summed E-state index contributed by atoms with van der Waals surface area (Å²) in [6.45, 7) is 4.04. The Morgan fingerprint density at radius 1 is 1.33 bits per heavy atom. The van der Waals surface area contributed by atoms with Gasteiger partial charge < -0.3 is 5.11 Å². The number of rotatable bonds is 3. The van der Waals surface area contributed by atoms with Gasteiger partial charge in [0.05, 0.1) is 0 Å². The molecule has 0 heterocycles. The summed E-state index contributed by atoms with van der Waals surface area (Å²) >= 11 is 1.51. The minimum Gasteiger partial charge on any atom is -0.382 e. The normalized spacial score (nSPS) is 12.9. The van der Waals surface area contributed by atoms with Crippen LogP contribution in [-0.4, -0.2) is 10.5 Å². The second kappa shape index (κ2) is 4.53. The summed E-state index contributed by atoms with van der Waals surface area (Å²) in [6, 6.07) is 8.20. The van der Waals surface area contributed by atoms with Gasteiger partial charge in [-0.15, -0.1) is 0 Å². The van der Waals surface area contributed by atoms with Crippen LogP contribution in [0, 0.1) is 6.92 Å². The molecule has 1 aromatic rings. The highest BCUT2D eigenvalue weighted by Crippen LogP contribution is 2.23. The zero-order valence-corrected chi connectivity index (χ0v) is 8.27. The Balaban J connectivity index is 2.58. The Bertz CT molecular complexity index is 230. The quantitative estimate of drug-likeness (QED) is 0.573. The smallest absolute Gasteiger partial charge is 0.104 e. The summed E-state index contributed by atoms with van der Waals surface area (Å²) in [5, 5.41) is 9.34. The van der Waals surface area contributed by atoms with Crippen molar-refractivity contribution in [3.05, 3.63) is 29.8 Å². The lowest BCUT2D eigenvalue weighted by molar-refractivity contribution is 0.259. The van der Waals surface area contributed by atoms with E-state index in [1.54, 1.807) is 0 Å². The molecule has 1 rings (SSSR count). The van der Waals surface area contributed by atoms with E-state index in [0.29, 0.717) is 0 Å². The van der Waals surface area contributed by atoms with Crippen LogP contribution in [0.25, 0.3) is 0 Å². The van der Waals surface area contributed by atoms with Gasteiger partial charge in [-0.05, 0) is 25.5 Å². The van der Waals surface area contributed by atoms with Crippen molar-refractivity contribution in [2.45, 2.75) is 30.6 Å². The van der Waals surface area contributed by atoms with Crippen LogP contribution in [-0.2, 0) is 0 Å². The third-order valence-corrected chi connectivity index (χ3v) is 2.79. The number of benzene rings is 1. The lowest BCUT2D eigenvalue weighted by Gasteiger charge is -2.06. The van der Waals surface area contributed by atoms with Crippen molar-refractivity contribution in [2.24, 2.45) is 0 Å². The first-order valence-electron chi connectivity index (χ1n) is 4.13. The van der Waals surface area contributed by atoms with Crippen LogP contribution >= 0.6 is 11.8 Å². The predicted molar refractivity (Wildman–Crippen MR) is 53.3 cm³/mol. The maximum atomic E-state index is 9.34. The molecule has 1 aromatic carbocycles. The molecule has 1 N–H and O–H groups in total. The molecule has 12 heavy (non-hydrogen) atoms. The van der Waals surface area contributed by atoms with Gasteiger partial charge in [0.2, 0.25) is 0 Å². The summed E-state index contributed by atoms with van der Waals surface area (Å²) in [4.78, 5) is 1.13. The van der Waals surface area contributed by atoms with Crippen LogP contribution in [0.5, 0.6) is 0 Å². The SMILES string of the molecule is CC[C@H](O)Sc1ccc(C)cc1. The van der Waals surface area contributed by atoms with Crippen molar-refractivity contribution in [1.29, 1.82) is 0 Å². The van der Waals surface area contributed by atoms with E-state index in [0.717, 1.165) is 11.3 Å². The predicted octanol–water partition coefficient (Wildman–Crippen LogP) is 2.82. The highest BCUT2D eigenvalue weighted by atomic mass is 32.2. The molecule has 1 nitrogen and oxygen atoms in total. The molecule has 0 aromatic heterocycles. The topological polar surface area (TPSA) is 20.2 Å². The van der Waals surface area contributed by atoms with E-state index in [1.165, 1.54) is 17.3 Å². The molecule has 0 fully saturated rings. The van der Waals surface area contributed by atoms with Crippen molar-refractivity contribution < 1.29 is 5.11 Å². The Labute approximate surface area is 77.8 Å². The van der Waals surface area contributed by atoms with Crippen molar-refractivity contribution >= 4 is 11.8 Å². The van der Waals surface area contributed by atoms with Crippen LogP contribution in [0.4, 0.5) is 0 Å². The first kappa shape index (κ1) is 9.62. The minimum atomic E-state index is -0.271. The number of thioether (sulfide) groups is 1. The Hall–Kier alpha value is -0.470. The number of aliphatic hydroxyl groups excluding tert-OH is 1. The van der Waals surface area contributed by atoms with Gasteiger partial charge in [-0.3, -0.25) is 0 Å². The monoisotopic (exact) mass is 182 g/mol. The molecule has 0 bridgehead atoms. The molecule has 0 aliphatic heterocycles. The number of aryl methyl sites for hydroxylation is 1. The lowest BCUT2D eigenvalue weighted by atomic mass is 10.2. The summed E-state index contributed by atoms with van der Waals surface area (Å²) < 4.78 is 0. The van der Waals surface area contributed by atoms with Crippen molar-refractivity contribution in [1.82, 2.24) is 0 Å². The first-order chi connectivity index (χ1) is 5.72. The molecule has 0 unspecified atom stereocenters. The van der Waals surface area contributed by atoms with Gasteiger partial charge in [0.15, 0.2) is 0 Å². The fourth-order valence-electron chi connectivity index (χ4n) is 0.857. The zero-order valence-electron chi connectivity index (χ0n) is 7.45. The van der Waals surface area contributed by atoms with Gasteiger partial charge in [0, 0.05) is 4.90 Å². The fraction of sp³-hybridized carbons (Fsp3) is 0.400. The minimum absolute atomic E-state index is 0.271. The van der Waals surface area contributed by atoms with Crippen LogP contribution in [0.1, 0.15) is 18.9 Å². The molecule has 0 aliphatic rings. The molecule has 2 heteroatoms. The number of aliphatic hydroxyl groups is 1. The maximum Gasteiger partial charge on any atom is 0.104 e. The van der Waals surface area contributed by atoms with Crippen molar-refractivity contribution in [3.8, 4) is 0 Å². The summed E-state index contributed by atoms with van der Waals surface area (Å²) in [7, 11) is 0. The standard InChI is InChI=1S/C10H14OS/c1-3-10(11)12-9-6-4-8(2)5-7-9/h4-7,10-11H,3H2,1-2H3/t10-/m1/s1. The molecule has 0 saturated heterocycles. The molecular weight excluding hydrogens is 168 g/mol. The molecule has 1 atom stereocenters. The molecule has 0 aliphatic carbocycles. The second-order valence-electron chi connectivity index (χ2n) is 2.79. The maximum absolute atomic E-state index is 9.34. The van der Waals surface area contributed by atoms with E-state index in [9.17, 15) is 5.11 Å². The number of hydrogen-bond donors (Lipinski definition) is 1. The average Bonchev–Trinajstić information content (AvgIpc) is 2.09. The fourth-order valence-corrected chi connectivity index (χ4v) is 1.63. The number of hydrogen-bond acceptors (Lipinski definition) is 2. The van der Waals surface area contributed by atoms with Crippen LogP contribution in [0.15, 0.2) is 29.2 Å². The summed E-state index contributed by atoms with van der Waals surface area (Å²) in [6.07, 6.45) is 0.790. The van der Waals surface area contributed by atoms with Crippen LogP contribution in [0.2, 0.25) is 0 Å². The Kier molecular flexibility index (Phi) is 3.63. The zero-order chi connectivity index (χ0) is 8.97. The Morgan fingerprint density at radius 3 is 2.42 bits per heavy atom. The van der Waals surface area contributed by atoms with E-state index in [2.05, 4.69) is 19.1 Å². The van der Waals surface area contributed by atoms with Gasteiger partial charge >= 0.3 is 0 Å². The van der Waals surface area contributed by atoms with Gasteiger partial charge in [-0.25, -0.2) is 0 Å². The van der Waals surface area contributed by atoms with Crippen LogP contribution in [0.3, 0.4) is 0 Å². The van der Waals surface area contributed by atoms with Crippen molar-refractivity contribution in [2.75, 3.05) is 0 Å². The average molecular weight is 182 g/mol. The lowest BCUT2D eigenvalue weighted by Crippen LogP contribution is -1.96. The molecule has 0 amide bonds. The Morgan fingerprint density at radius 2 is 1.92 bits per heavy atom. The summed E-state index contributed by atoms with van der Waals surface area (Å²) in [5.41, 5.74) is 0.984. The van der Waals surface area contributed by atoms with E-state index >= 15 is 0 Å². The second-order valence-corrected chi connectivity index (χ2v) is 4.05. The largest absolute Gasteiger partial charge is 0.382 e. The highest BCUT2D eigenvalue weighted by molar-refractivity contribution is 7.99. The molecule has 0 spiro atoms. The van der Waals surface area contributed by atoms with Crippen molar-refractivity contribution in [3.63, 3.8) is 0 Å². The van der Waals surface area contributed by atoms with E-state index in [4.69, 9.17) is 0 Å². The van der Waals surface area contributed by atoms with Crippen LogP contribution < -0.4 is 0 Å². The van der Waals surface area contributed by atoms with Gasteiger partial charge in [-0.1, -0.05) is 36.4 Å².